The number of benzene rings is 2. The fourth-order valence-corrected chi connectivity index (χ4v) is 3.71. The molecule has 0 fully saturated rings. The second kappa shape index (κ2) is 5.78. The lowest BCUT2D eigenvalue weighted by Crippen LogP contribution is -2.19. The molecule has 0 radical (unpaired) electrons. The first-order valence-corrected chi connectivity index (χ1v) is 8.08. The minimum Gasteiger partial charge on any atom is -0.369 e. The summed E-state index contributed by atoms with van der Waals surface area (Å²) in [5.74, 6) is -0.783. The Morgan fingerprint density at radius 3 is 2.68 bits per heavy atom. The third-order valence-electron chi connectivity index (χ3n) is 3.82. The minimum atomic E-state index is -0.414. The number of ketones is 1. The number of carbonyl (C=O) groups excluding carboxylic acids is 2. The van der Waals surface area contributed by atoms with Crippen molar-refractivity contribution in [2.75, 3.05) is 0 Å². The Morgan fingerprint density at radius 2 is 1.95 bits per heavy atom. The number of rotatable bonds is 2. The van der Waals surface area contributed by atoms with E-state index in [1.807, 2.05) is 30.3 Å². The van der Waals surface area contributed by atoms with E-state index in [0.717, 1.165) is 20.9 Å². The molecule has 1 heterocycles. The van der Waals surface area contributed by atoms with E-state index in [1.54, 1.807) is 24.8 Å². The average Bonchev–Trinajstić information content (AvgIpc) is 2.62. The van der Waals surface area contributed by atoms with Crippen LogP contribution in [0.15, 0.2) is 46.2 Å². The molecule has 5 heteroatoms. The Hall–Kier alpha value is -1.78. The molecule has 2 N–H and O–H groups in total. The largest absolute Gasteiger partial charge is 0.369 e. The fourth-order valence-electron chi connectivity index (χ4n) is 2.46. The van der Waals surface area contributed by atoms with Crippen LogP contribution in [-0.4, -0.2) is 11.7 Å². The van der Waals surface area contributed by atoms with Crippen LogP contribution in [0.3, 0.4) is 0 Å². The maximum Gasteiger partial charge on any atom is 0.224 e. The van der Waals surface area contributed by atoms with Gasteiger partial charge < -0.3 is 5.73 Å². The molecule has 0 aromatic heterocycles. The van der Waals surface area contributed by atoms with Crippen LogP contribution in [0.4, 0.5) is 0 Å². The lowest BCUT2D eigenvalue weighted by molar-refractivity contribution is -0.119. The Balaban J connectivity index is 2.06. The van der Waals surface area contributed by atoms with Gasteiger partial charge in [-0.1, -0.05) is 29.4 Å². The summed E-state index contributed by atoms with van der Waals surface area (Å²) < 4.78 is 0. The first kappa shape index (κ1) is 15.1. The van der Waals surface area contributed by atoms with Gasteiger partial charge in [-0.05, 0) is 48.4 Å². The van der Waals surface area contributed by atoms with E-state index in [9.17, 15) is 9.59 Å². The van der Waals surface area contributed by atoms with E-state index >= 15 is 0 Å². The maximum absolute atomic E-state index is 12.6. The Bertz CT molecular complexity index is 788. The number of primary amides is 1. The number of nitrogens with two attached hydrogens (primary N) is 1. The first-order valence-electron chi connectivity index (χ1n) is 6.88. The number of Topliss-reactive ketones (excluding diaryl/α,β-unsaturated/α-hetero) is 1. The van der Waals surface area contributed by atoms with E-state index < -0.39 is 11.8 Å². The van der Waals surface area contributed by atoms with Crippen molar-refractivity contribution < 1.29 is 9.59 Å². The monoisotopic (exact) mass is 331 g/mol. The molecule has 2 aromatic rings. The van der Waals surface area contributed by atoms with Crippen molar-refractivity contribution in [1.82, 2.24) is 0 Å². The molecular weight excluding hydrogens is 318 g/mol. The zero-order chi connectivity index (χ0) is 15.9. The summed E-state index contributed by atoms with van der Waals surface area (Å²) in [4.78, 5) is 25.8. The third kappa shape index (κ3) is 2.76. The summed E-state index contributed by atoms with van der Waals surface area (Å²) in [5.41, 5.74) is 7.69. The van der Waals surface area contributed by atoms with Crippen LogP contribution in [0.2, 0.25) is 5.02 Å². The van der Waals surface area contributed by atoms with Crippen molar-refractivity contribution in [2.45, 2.75) is 29.1 Å². The van der Waals surface area contributed by atoms with Crippen LogP contribution in [0.5, 0.6) is 0 Å². The van der Waals surface area contributed by atoms with Gasteiger partial charge in [-0.25, -0.2) is 0 Å². The van der Waals surface area contributed by atoms with Gasteiger partial charge in [0.05, 0.1) is 5.92 Å². The molecule has 1 unspecified atom stereocenters. The van der Waals surface area contributed by atoms with E-state index in [2.05, 4.69) is 0 Å². The molecule has 1 amide bonds. The zero-order valence-corrected chi connectivity index (χ0v) is 13.5. The number of hydrogen-bond acceptors (Lipinski definition) is 3. The zero-order valence-electron chi connectivity index (χ0n) is 11.9. The molecule has 3 nitrogen and oxygen atoms in total. The highest BCUT2D eigenvalue weighted by Gasteiger charge is 2.22. The van der Waals surface area contributed by atoms with Crippen molar-refractivity contribution >= 4 is 35.1 Å². The number of halogens is 1. The van der Waals surface area contributed by atoms with Gasteiger partial charge in [0.25, 0.3) is 0 Å². The van der Waals surface area contributed by atoms with Crippen LogP contribution in [0.1, 0.15) is 34.3 Å². The van der Waals surface area contributed by atoms with Crippen LogP contribution in [-0.2, 0) is 11.2 Å². The normalized spacial score (nSPS) is 14.7. The highest BCUT2D eigenvalue weighted by molar-refractivity contribution is 7.99. The van der Waals surface area contributed by atoms with Crippen molar-refractivity contribution in [3.63, 3.8) is 0 Å². The molecule has 0 aliphatic carbocycles. The standard InChI is InChI=1S/C17H14ClNO2S/c1-9(17(19)21)10-2-4-16-13(7-10)14(20)8-11-6-12(18)3-5-15(11)22-16/h2-7,9H,8H2,1H3,(H2,19,21). The molecule has 112 valence electrons. The van der Waals surface area contributed by atoms with Crippen LogP contribution < -0.4 is 5.73 Å². The van der Waals surface area contributed by atoms with E-state index in [4.69, 9.17) is 17.3 Å². The summed E-state index contributed by atoms with van der Waals surface area (Å²) in [6, 6.07) is 11.1. The second-order valence-corrected chi connectivity index (χ2v) is 6.85. The fraction of sp³-hybridized carbons (Fsp3) is 0.176. The molecule has 0 bridgehead atoms. The molecule has 1 aliphatic rings. The molecule has 0 saturated heterocycles. The summed E-state index contributed by atoms with van der Waals surface area (Å²) in [5, 5.41) is 0.626. The van der Waals surface area contributed by atoms with Crippen LogP contribution in [0, 0.1) is 0 Å². The molecule has 2 aromatic carbocycles. The average molecular weight is 332 g/mol. The number of carbonyl (C=O) groups is 2. The van der Waals surface area contributed by atoms with Gasteiger partial charge in [0.1, 0.15) is 0 Å². The molecule has 1 aliphatic heterocycles. The predicted molar refractivity (Wildman–Crippen MR) is 87.7 cm³/mol. The van der Waals surface area contributed by atoms with Gasteiger partial charge in [-0.2, -0.15) is 0 Å². The lowest BCUT2D eigenvalue weighted by atomic mass is 9.95. The smallest absolute Gasteiger partial charge is 0.224 e. The quantitative estimate of drug-likeness (QED) is 0.910. The minimum absolute atomic E-state index is 0.0297. The lowest BCUT2D eigenvalue weighted by Gasteiger charge is -2.11. The highest BCUT2D eigenvalue weighted by atomic mass is 35.5. The Morgan fingerprint density at radius 1 is 1.23 bits per heavy atom. The van der Waals surface area contributed by atoms with E-state index in [0.29, 0.717) is 17.0 Å². The molecule has 0 saturated carbocycles. The summed E-state index contributed by atoms with van der Waals surface area (Å²) in [6.07, 6.45) is 0.310. The van der Waals surface area contributed by atoms with Gasteiger partial charge in [0.15, 0.2) is 5.78 Å². The molecule has 0 spiro atoms. The van der Waals surface area contributed by atoms with E-state index in [-0.39, 0.29) is 5.78 Å². The van der Waals surface area contributed by atoms with Crippen molar-refractivity contribution in [3.8, 4) is 0 Å². The van der Waals surface area contributed by atoms with Crippen molar-refractivity contribution in [3.05, 3.63) is 58.1 Å². The molecule has 1 atom stereocenters. The summed E-state index contributed by atoms with van der Waals surface area (Å²) >= 11 is 7.57. The Labute approximate surface area is 137 Å². The topological polar surface area (TPSA) is 60.2 Å². The van der Waals surface area contributed by atoms with Crippen molar-refractivity contribution in [1.29, 1.82) is 0 Å². The summed E-state index contributed by atoms with van der Waals surface area (Å²) in [6.45, 7) is 1.74. The molecule has 3 rings (SSSR count). The van der Waals surface area contributed by atoms with Gasteiger partial charge in [-0.15, -0.1) is 0 Å². The van der Waals surface area contributed by atoms with Gasteiger partial charge in [-0.3, -0.25) is 9.59 Å². The maximum atomic E-state index is 12.6. The third-order valence-corrected chi connectivity index (χ3v) is 5.25. The van der Waals surface area contributed by atoms with Gasteiger partial charge >= 0.3 is 0 Å². The van der Waals surface area contributed by atoms with Gasteiger partial charge in [0.2, 0.25) is 5.91 Å². The SMILES string of the molecule is CC(C(N)=O)c1ccc2c(c1)C(=O)Cc1cc(Cl)ccc1S2. The predicted octanol–water partition coefficient (Wildman–Crippen LogP) is 3.82. The molecule has 22 heavy (non-hydrogen) atoms. The van der Waals surface area contributed by atoms with Crippen molar-refractivity contribution in [2.24, 2.45) is 5.73 Å². The second-order valence-electron chi connectivity index (χ2n) is 5.33. The molecular formula is C17H14ClNO2S. The number of hydrogen-bond donors (Lipinski definition) is 1. The van der Waals surface area contributed by atoms with Gasteiger partial charge in [0, 0.05) is 26.8 Å². The van der Waals surface area contributed by atoms with E-state index in [1.165, 1.54) is 0 Å². The van der Waals surface area contributed by atoms with Crippen LogP contribution in [0.25, 0.3) is 0 Å². The summed E-state index contributed by atoms with van der Waals surface area (Å²) in [7, 11) is 0. The number of fused-ring (bicyclic) bond motifs is 2. The first-order chi connectivity index (χ1) is 10.5. The number of amides is 1. The van der Waals surface area contributed by atoms with Crippen LogP contribution >= 0.6 is 23.4 Å². The Kier molecular flexibility index (Phi) is 3.98. The highest BCUT2D eigenvalue weighted by Crippen LogP contribution is 2.39.